The van der Waals surface area contributed by atoms with E-state index in [1.807, 2.05) is 18.2 Å². The normalized spacial score (nSPS) is 21.5. The molecule has 1 aliphatic rings. The van der Waals surface area contributed by atoms with Crippen LogP contribution in [0.15, 0.2) is 24.3 Å². The smallest absolute Gasteiger partial charge is 0.119 e. The van der Waals surface area contributed by atoms with E-state index in [9.17, 15) is 0 Å². The Morgan fingerprint density at radius 3 is 3.00 bits per heavy atom. The summed E-state index contributed by atoms with van der Waals surface area (Å²) in [4.78, 5) is 2.42. The van der Waals surface area contributed by atoms with Crippen molar-refractivity contribution < 1.29 is 9.47 Å². The number of hydrogen-bond acceptors (Lipinski definition) is 4. The Balaban J connectivity index is 1.88. The van der Waals surface area contributed by atoms with Gasteiger partial charge in [0.2, 0.25) is 0 Å². The summed E-state index contributed by atoms with van der Waals surface area (Å²) in [5, 5.41) is 0. The van der Waals surface area contributed by atoms with Gasteiger partial charge in [-0.05, 0) is 36.6 Å². The standard InChI is InChI=1S/C15H24N2O2/c1-18-11-12-6-7-17(9-12)10-15(16)13-4-3-5-14(8-13)19-2/h3-5,8,12,15H,6-7,9-11,16H2,1-2H3. The molecule has 1 aliphatic heterocycles. The molecule has 4 heteroatoms. The van der Waals surface area contributed by atoms with Gasteiger partial charge in [0.15, 0.2) is 0 Å². The van der Waals surface area contributed by atoms with Crippen LogP contribution in [-0.2, 0) is 4.74 Å². The molecule has 4 nitrogen and oxygen atoms in total. The van der Waals surface area contributed by atoms with Crippen LogP contribution in [0.5, 0.6) is 5.75 Å². The second-order valence-electron chi connectivity index (χ2n) is 5.25. The number of methoxy groups -OCH3 is 2. The summed E-state index contributed by atoms with van der Waals surface area (Å²) < 4.78 is 10.5. The van der Waals surface area contributed by atoms with Crippen molar-refractivity contribution >= 4 is 0 Å². The first kappa shape index (κ1) is 14.3. The van der Waals surface area contributed by atoms with E-state index in [4.69, 9.17) is 15.2 Å². The molecule has 2 rings (SSSR count). The third-order valence-corrected chi connectivity index (χ3v) is 3.75. The average molecular weight is 264 g/mol. The quantitative estimate of drug-likeness (QED) is 0.849. The van der Waals surface area contributed by atoms with Crippen LogP contribution < -0.4 is 10.5 Å². The van der Waals surface area contributed by atoms with E-state index in [1.165, 1.54) is 6.42 Å². The number of benzene rings is 1. The highest BCUT2D eigenvalue weighted by atomic mass is 16.5. The van der Waals surface area contributed by atoms with E-state index in [0.717, 1.165) is 37.6 Å². The molecule has 1 aromatic carbocycles. The average Bonchev–Trinajstić information content (AvgIpc) is 2.86. The van der Waals surface area contributed by atoms with Crippen LogP contribution in [0.3, 0.4) is 0 Å². The van der Waals surface area contributed by atoms with Gasteiger partial charge in [-0.3, -0.25) is 0 Å². The number of nitrogens with zero attached hydrogens (tertiary/aromatic N) is 1. The lowest BCUT2D eigenvalue weighted by Crippen LogP contribution is -2.31. The summed E-state index contributed by atoms with van der Waals surface area (Å²) in [5.41, 5.74) is 7.42. The number of ether oxygens (including phenoxy) is 2. The van der Waals surface area contributed by atoms with Crippen molar-refractivity contribution in [3.8, 4) is 5.75 Å². The van der Waals surface area contributed by atoms with Gasteiger partial charge in [0, 0.05) is 26.2 Å². The highest BCUT2D eigenvalue weighted by Gasteiger charge is 2.23. The maximum Gasteiger partial charge on any atom is 0.119 e. The SMILES string of the molecule is COCC1CCN(CC(N)c2cccc(OC)c2)C1. The number of hydrogen-bond donors (Lipinski definition) is 1. The van der Waals surface area contributed by atoms with Crippen LogP contribution in [0, 0.1) is 5.92 Å². The van der Waals surface area contributed by atoms with Crippen LogP contribution >= 0.6 is 0 Å². The molecule has 2 atom stereocenters. The maximum atomic E-state index is 6.29. The van der Waals surface area contributed by atoms with Crippen molar-refractivity contribution in [2.24, 2.45) is 11.7 Å². The first-order valence-corrected chi connectivity index (χ1v) is 6.83. The zero-order chi connectivity index (χ0) is 13.7. The monoisotopic (exact) mass is 264 g/mol. The fraction of sp³-hybridized carbons (Fsp3) is 0.600. The molecule has 2 unspecified atom stereocenters. The van der Waals surface area contributed by atoms with Crippen molar-refractivity contribution in [3.63, 3.8) is 0 Å². The van der Waals surface area contributed by atoms with E-state index in [1.54, 1.807) is 14.2 Å². The van der Waals surface area contributed by atoms with Crippen LogP contribution in [0.2, 0.25) is 0 Å². The minimum atomic E-state index is 0.0383. The molecule has 0 amide bonds. The van der Waals surface area contributed by atoms with Crippen LogP contribution in [0.25, 0.3) is 0 Å². The van der Waals surface area contributed by atoms with Gasteiger partial charge in [-0.15, -0.1) is 0 Å². The predicted molar refractivity (Wildman–Crippen MR) is 76.3 cm³/mol. The zero-order valence-electron chi connectivity index (χ0n) is 11.8. The second-order valence-corrected chi connectivity index (χ2v) is 5.25. The molecule has 19 heavy (non-hydrogen) atoms. The van der Waals surface area contributed by atoms with Gasteiger partial charge < -0.3 is 20.1 Å². The number of rotatable bonds is 6. The zero-order valence-corrected chi connectivity index (χ0v) is 11.8. The van der Waals surface area contributed by atoms with Gasteiger partial charge in [-0.1, -0.05) is 12.1 Å². The lowest BCUT2D eigenvalue weighted by molar-refractivity contribution is 0.152. The Bertz CT molecular complexity index is 397. The second kappa shape index (κ2) is 6.89. The van der Waals surface area contributed by atoms with Gasteiger partial charge in [0.1, 0.15) is 5.75 Å². The van der Waals surface area contributed by atoms with E-state index < -0.39 is 0 Å². The molecule has 2 N–H and O–H groups in total. The fourth-order valence-corrected chi connectivity index (χ4v) is 2.71. The third-order valence-electron chi connectivity index (χ3n) is 3.75. The number of likely N-dealkylation sites (tertiary alicyclic amines) is 1. The molecule has 1 saturated heterocycles. The molecular weight excluding hydrogens is 240 g/mol. The molecular formula is C15H24N2O2. The highest BCUT2D eigenvalue weighted by molar-refractivity contribution is 5.30. The summed E-state index contributed by atoms with van der Waals surface area (Å²) in [5.74, 6) is 1.52. The van der Waals surface area contributed by atoms with Gasteiger partial charge >= 0.3 is 0 Å². The summed E-state index contributed by atoms with van der Waals surface area (Å²) in [6, 6.07) is 8.06. The summed E-state index contributed by atoms with van der Waals surface area (Å²) in [6.45, 7) is 3.95. The van der Waals surface area contributed by atoms with E-state index in [-0.39, 0.29) is 6.04 Å². The van der Waals surface area contributed by atoms with Crippen molar-refractivity contribution in [1.29, 1.82) is 0 Å². The van der Waals surface area contributed by atoms with Crippen LogP contribution in [0.1, 0.15) is 18.0 Å². The first-order valence-electron chi connectivity index (χ1n) is 6.83. The third kappa shape index (κ3) is 3.93. The molecule has 0 bridgehead atoms. The van der Waals surface area contributed by atoms with E-state index in [0.29, 0.717) is 5.92 Å². The molecule has 1 aromatic rings. The summed E-state index contributed by atoms with van der Waals surface area (Å²) in [6.07, 6.45) is 1.21. The Hall–Kier alpha value is -1.10. The van der Waals surface area contributed by atoms with Gasteiger partial charge in [0.25, 0.3) is 0 Å². The largest absolute Gasteiger partial charge is 0.497 e. The van der Waals surface area contributed by atoms with Crippen molar-refractivity contribution in [2.45, 2.75) is 12.5 Å². The van der Waals surface area contributed by atoms with Crippen LogP contribution in [0.4, 0.5) is 0 Å². The highest BCUT2D eigenvalue weighted by Crippen LogP contribution is 2.22. The van der Waals surface area contributed by atoms with Gasteiger partial charge in [0.05, 0.1) is 13.7 Å². The van der Waals surface area contributed by atoms with Crippen molar-refractivity contribution in [1.82, 2.24) is 4.90 Å². The van der Waals surface area contributed by atoms with E-state index in [2.05, 4.69) is 11.0 Å². The molecule has 1 fully saturated rings. The molecule has 1 heterocycles. The molecule has 0 spiro atoms. The lowest BCUT2D eigenvalue weighted by Gasteiger charge is -2.21. The minimum absolute atomic E-state index is 0.0383. The van der Waals surface area contributed by atoms with Crippen molar-refractivity contribution in [2.75, 3.05) is 40.5 Å². The Kier molecular flexibility index (Phi) is 5.19. The van der Waals surface area contributed by atoms with Crippen LogP contribution in [-0.4, -0.2) is 45.4 Å². The molecule has 0 aliphatic carbocycles. The minimum Gasteiger partial charge on any atom is -0.497 e. The topological polar surface area (TPSA) is 47.7 Å². The predicted octanol–water partition coefficient (Wildman–Crippen LogP) is 1.66. The molecule has 106 valence electrons. The summed E-state index contributed by atoms with van der Waals surface area (Å²) in [7, 11) is 3.45. The Morgan fingerprint density at radius 2 is 2.26 bits per heavy atom. The Morgan fingerprint density at radius 1 is 1.42 bits per heavy atom. The number of nitrogens with two attached hydrogens (primary N) is 1. The van der Waals surface area contributed by atoms with Gasteiger partial charge in [-0.25, -0.2) is 0 Å². The maximum absolute atomic E-state index is 6.29. The molecule has 0 aromatic heterocycles. The molecule has 0 saturated carbocycles. The fourth-order valence-electron chi connectivity index (χ4n) is 2.71. The Labute approximate surface area is 115 Å². The van der Waals surface area contributed by atoms with Crippen molar-refractivity contribution in [3.05, 3.63) is 29.8 Å². The van der Waals surface area contributed by atoms with Gasteiger partial charge in [-0.2, -0.15) is 0 Å². The lowest BCUT2D eigenvalue weighted by atomic mass is 10.1. The summed E-state index contributed by atoms with van der Waals surface area (Å²) >= 11 is 0. The molecule has 0 radical (unpaired) electrons. The first-order chi connectivity index (χ1) is 9.22. The van der Waals surface area contributed by atoms with E-state index >= 15 is 0 Å².